The van der Waals surface area contributed by atoms with Gasteiger partial charge in [-0.25, -0.2) is 4.98 Å². The summed E-state index contributed by atoms with van der Waals surface area (Å²) in [7, 11) is 0. The molecule has 0 spiro atoms. The van der Waals surface area contributed by atoms with Crippen molar-refractivity contribution in [2.24, 2.45) is 5.73 Å². The van der Waals surface area contributed by atoms with Gasteiger partial charge in [0.05, 0.1) is 0 Å². The first-order valence-electron chi connectivity index (χ1n) is 6.69. The number of nitrogens with two attached hydrogens (primary N) is 1. The molecule has 1 saturated carbocycles. The molecule has 18 heavy (non-hydrogen) atoms. The second kappa shape index (κ2) is 5.24. The van der Waals surface area contributed by atoms with Gasteiger partial charge in [-0.3, -0.25) is 0 Å². The van der Waals surface area contributed by atoms with E-state index in [9.17, 15) is 0 Å². The van der Waals surface area contributed by atoms with Gasteiger partial charge in [0.25, 0.3) is 0 Å². The minimum absolute atomic E-state index is 0.253. The third kappa shape index (κ3) is 2.35. The molecule has 0 radical (unpaired) electrons. The summed E-state index contributed by atoms with van der Waals surface area (Å²) in [4.78, 5) is 4.48. The lowest BCUT2D eigenvalue weighted by atomic mass is 10.0. The van der Waals surface area contributed by atoms with Crippen molar-refractivity contribution in [3.05, 3.63) is 23.7 Å². The summed E-state index contributed by atoms with van der Waals surface area (Å²) in [6.45, 7) is 0. The lowest BCUT2D eigenvalue weighted by Crippen LogP contribution is -2.39. The molecule has 2 unspecified atom stereocenters. The zero-order valence-electron chi connectivity index (χ0n) is 10.4. The highest BCUT2D eigenvalue weighted by Crippen LogP contribution is 2.28. The smallest absolute Gasteiger partial charge is 0.134 e. The predicted molar refractivity (Wildman–Crippen MR) is 78.1 cm³/mol. The number of nitrogens with zero attached hydrogens (tertiary/aromatic N) is 1. The average molecular weight is 261 g/mol. The van der Waals surface area contributed by atoms with Gasteiger partial charge >= 0.3 is 0 Å². The number of fused-ring (bicyclic) bond motifs is 1. The van der Waals surface area contributed by atoms with Gasteiger partial charge < -0.3 is 11.1 Å². The molecule has 3 nitrogen and oxygen atoms in total. The Morgan fingerprint density at radius 3 is 3.06 bits per heavy atom. The van der Waals surface area contributed by atoms with E-state index >= 15 is 0 Å². The average Bonchev–Trinajstić information content (AvgIpc) is 2.77. The van der Waals surface area contributed by atoms with Crippen LogP contribution in [0.2, 0.25) is 0 Å². The standard InChI is InChI=1S/C14H19N3S/c15-11-4-2-1-3-5-12(11)17-14-10-7-9-18-13(10)6-8-16-14/h6-9,11-12H,1-5,15H2,(H,16,17). The third-order valence-corrected chi connectivity index (χ3v) is 4.65. The Kier molecular flexibility index (Phi) is 3.48. The van der Waals surface area contributed by atoms with Crippen LogP contribution in [0.5, 0.6) is 0 Å². The molecule has 2 aromatic rings. The predicted octanol–water partition coefficient (Wildman–Crippen LogP) is 3.37. The van der Waals surface area contributed by atoms with E-state index in [1.165, 1.54) is 29.3 Å². The number of nitrogens with one attached hydrogen (secondary N) is 1. The lowest BCUT2D eigenvalue weighted by Gasteiger charge is -2.23. The summed E-state index contributed by atoms with van der Waals surface area (Å²) in [6, 6.07) is 4.82. The molecular formula is C14H19N3S. The molecule has 96 valence electrons. The van der Waals surface area contributed by atoms with Crippen LogP contribution in [0.25, 0.3) is 10.1 Å². The molecule has 0 aromatic carbocycles. The Bertz CT molecular complexity index is 522. The first-order valence-corrected chi connectivity index (χ1v) is 7.57. The van der Waals surface area contributed by atoms with Crippen molar-refractivity contribution in [3.63, 3.8) is 0 Å². The maximum atomic E-state index is 6.26. The molecule has 3 N–H and O–H groups in total. The van der Waals surface area contributed by atoms with E-state index in [0.717, 1.165) is 18.7 Å². The topological polar surface area (TPSA) is 50.9 Å². The van der Waals surface area contributed by atoms with Crippen LogP contribution in [-0.2, 0) is 0 Å². The molecule has 0 amide bonds. The normalized spacial score (nSPS) is 24.9. The third-order valence-electron chi connectivity index (χ3n) is 3.77. The molecule has 2 aromatic heterocycles. The van der Waals surface area contributed by atoms with Crippen LogP contribution in [0, 0.1) is 0 Å². The number of anilines is 1. The summed E-state index contributed by atoms with van der Waals surface area (Å²) in [5.41, 5.74) is 6.26. The van der Waals surface area contributed by atoms with E-state index < -0.39 is 0 Å². The van der Waals surface area contributed by atoms with Crippen molar-refractivity contribution < 1.29 is 0 Å². The summed E-state index contributed by atoms with van der Waals surface area (Å²) in [5, 5.41) is 6.91. The molecule has 1 fully saturated rings. The fraction of sp³-hybridized carbons (Fsp3) is 0.500. The van der Waals surface area contributed by atoms with Crippen molar-refractivity contribution in [2.75, 3.05) is 5.32 Å². The fourth-order valence-electron chi connectivity index (χ4n) is 2.70. The van der Waals surface area contributed by atoms with Crippen molar-refractivity contribution in [1.82, 2.24) is 4.98 Å². The Morgan fingerprint density at radius 1 is 1.22 bits per heavy atom. The Hall–Kier alpha value is -1.13. The van der Waals surface area contributed by atoms with Gasteiger partial charge in [0.15, 0.2) is 0 Å². The quantitative estimate of drug-likeness (QED) is 0.815. The summed E-state index contributed by atoms with van der Waals surface area (Å²) < 4.78 is 1.29. The molecule has 0 bridgehead atoms. The van der Waals surface area contributed by atoms with E-state index in [4.69, 9.17) is 5.73 Å². The number of thiophene rings is 1. The Balaban J connectivity index is 1.84. The number of pyridine rings is 1. The molecule has 2 atom stereocenters. The van der Waals surface area contributed by atoms with Crippen LogP contribution >= 0.6 is 11.3 Å². The van der Waals surface area contributed by atoms with Gasteiger partial charge in [0.1, 0.15) is 5.82 Å². The van der Waals surface area contributed by atoms with Crippen molar-refractivity contribution >= 4 is 27.2 Å². The second-order valence-electron chi connectivity index (χ2n) is 5.04. The van der Waals surface area contributed by atoms with Gasteiger partial charge in [0.2, 0.25) is 0 Å². The van der Waals surface area contributed by atoms with E-state index in [1.807, 2.05) is 6.20 Å². The SMILES string of the molecule is NC1CCCCCC1Nc1nccc2sccc12. The number of rotatable bonds is 2. The number of hydrogen-bond acceptors (Lipinski definition) is 4. The molecule has 1 aliphatic carbocycles. The molecule has 1 aliphatic rings. The molecular weight excluding hydrogens is 242 g/mol. The molecule has 2 heterocycles. The van der Waals surface area contributed by atoms with Crippen LogP contribution in [0.3, 0.4) is 0 Å². The number of aromatic nitrogens is 1. The van der Waals surface area contributed by atoms with E-state index in [1.54, 1.807) is 11.3 Å². The lowest BCUT2D eigenvalue weighted by molar-refractivity contribution is 0.527. The highest BCUT2D eigenvalue weighted by Gasteiger charge is 2.21. The minimum atomic E-state index is 0.253. The van der Waals surface area contributed by atoms with Gasteiger partial charge in [-0.2, -0.15) is 0 Å². The Morgan fingerprint density at radius 2 is 2.11 bits per heavy atom. The first-order chi connectivity index (χ1) is 8.84. The monoisotopic (exact) mass is 261 g/mol. The second-order valence-corrected chi connectivity index (χ2v) is 5.99. The summed E-state index contributed by atoms with van der Waals surface area (Å²) in [6.07, 6.45) is 7.99. The number of hydrogen-bond donors (Lipinski definition) is 2. The van der Waals surface area contributed by atoms with Crippen molar-refractivity contribution in [2.45, 2.75) is 44.2 Å². The molecule has 0 saturated heterocycles. The van der Waals surface area contributed by atoms with Gasteiger partial charge in [0, 0.05) is 28.4 Å². The molecule has 0 aliphatic heterocycles. The maximum absolute atomic E-state index is 6.26. The van der Waals surface area contributed by atoms with Crippen LogP contribution in [0.1, 0.15) is 32.1 Å². The van der Waals surface area contributed by atoms with Crippen molar-refractivity contribution in [3.8, 4) is 0 Å². The minimum Gasteiger partial charge on any atom is -0.365 e. The van der Waals surface area contributed by atoms with E-state index in [2.05, 4.69) is 27.8 Å². The zero-order chi connectivity index (χ0) is 12.4. The van der Waals surface area contributed by atoms with Crippen LogP contribution < -0.4 is 11.1 Å². The summed E-state index contributed by atoms with van der Waals surface area (Å²) >= 11 is 1.76. The maximum Gasteiger partial charge on any atom is 0.134 e. The first kappa shape index (κ1) is 11.9. The Labute approximate surface area is 111 Å². The van der Waals surface area contributed by atoms with Crippen LogP contribution in [0.4, 0.5) is 5.82 Å². The van der Waals surface area contributed by atoms with E-state index in [-0.39, 0.29) is 6.04 Å². The molecule has 3 rings (SSSR count). The van der Waals surface area contributed by atoms with E-state index in [0.29, 0.717) is 6.04 Å². The van der Waals surface area contributed by atoms with Crippen LogP contribution in [0.15, 0.2) is 23.7 Å². The highest BCUT2D eigenvalue weighted by molar-refractivity contribution is 7.17. The van der Waals surface area contributed by atoms with Crippen molar-refractivity contribution in [1.29, 1.82) is 0 Å². The molecule has 4 heteroatoms. The van der Waals surface area contributed by atoms with Gasteiger partial charge in [-0.05, 0) is 30.4 Å². The highest BCUT2D eigenvalue weighted by atomic mass is 32.1. The van der Waals surface area contributed by atoms with Gasteiger partial charge in [-0.15, -0.1) is 11.3 Å². The van der Waals surface area contributed by atoms with Gasteiger partial charge in [-0.1, -0.05) is 19.3 Å². The largest absolute Gasteiger partial charge is 0.365 e. The summed E-state index contributed by atoms with van der Waals surface area (Å²) in [5.74, 6) is 0.996. The van der Waals surface area contributed by atoms with Crippen LogP contribution in [-0.4, -0.2) is 17.1 Å². The zero-order valence-corrected chi connectivity index (χ0v) is 11.2. The fourth-order valence-corrected chi connectivity index (χ4v) is 3.48.